The number of benzene rings is 2. The second-order valence-corrected chi connectivity index (χ2v) is 15.5. The molecule has 0 aromatic heterocycles. The van der Waals surface area contributed by atoms with E-state index in [0.29, 0.717) is 5.92 Å². The van der Waals surface area contributed by atoms with E-state index in [-0.39, 0.29) is 15.9 Å². The molecule has 168 valence electrons. The summed E-state index contributed by atoms with van der Waals surface area (Å²) in [7, 11) is -2.47. The molecule has 1 aliphatic carbocycles. The van der Waals surface area contributed by atoms with Gasteiger partial charge in [0.2, 0.25) is 0 Å². The SMILES string of the molecule is CC/C=C/[C@@]1(C)CC[C@@H](CO[Si](c2ccccc2)(c2ccccc2)C(C)(C)C)C1(C)C. The second-order valence-electron chi connectivity index (χ2n) is 11.2. The summed E-state index contributed by atoms with van der Waals surface area (Å²) >= 11 is 0. The maximum Gasteiger partial charge on any atom is 0.261 e. The summed E-state index contributed by atoms with van der Waals surface area (Å²) in [6.07, 6.45) is 8.42. The van der Waals surface area contributed by atoms with Gasteiger partial charge in [0.05, 0.1) is 0 Å². The predicted octanol–water partition coefficient (Wildman–Crippen LogP) is 6.97. The first-order valence-corrected chi connectivity index (χ1v) is 13.9. The van der Waals surface area contributed by atoms with Gasteiger partial charge in [0.1, 0.15) is 0 Å². The zero-order valence-corrected chi connectivity index (χ0v) is 21.7. The average molecular weight is 435 g/mol. The van der Waals surface area contributed by atoms with Gasteiger partial charge in [-0.1, -0.05) is 121 Å². The Morgan fingerprint density at radius 1 is 0.935 bits per heavy atom. The first-order chi connectivity index (χ1) is 14.6. The number of hydrogen-bond acceptors (Lipinski definition) is 1. The Bertz CT molecular complexity index is 823. The van der Waals surface area contributed by atoms with E-state index < -0.39 is 8.32 Å². The molecule has 1 aliphatic rings. The Morgan fingerprint density at radius 2 is 1.45 bits per heavy atom. The van der Waals surface area contributed by atoms with Crippen LogP contribution in [0.4, 0.5) is 0 Å². The van der Waals surface area contributed by atoms with Gasteiger partial charge in [-0.15, -0.1) is 0 Å². The van der Waals surface area contributed by atoms with Crippen molar-refractivity contribution in [1.29, 1.82) is 0 Å². The Kier molecular flexibility index (Phi) is 7.03. The summed E-state index contributed by atoms with van der Waals surface area (Å²) in [5, 5.41) is 2.78. The van der Waals surface area contributed by atoms with E-state index >= 15 is 0 Å². The predicted molar refractivity (Wildman–Crippen MR) is 138 cm³/mol. The standard InChI is InChI=1S/C29H42OSi/c1-8-9-21-29(7)22-20-24(28(29,5)6)23-30-31(27(2,3)4,25-16-12-10-13-17-25)26-18-14-11-15-19-26/h9-19,21,24H,8,20,22-23H2,1-7H3/b21-9+/t24-,29-/m0/s1. The van der Waals surface area contributed by atoms with Crippen molar-refractivity contribution in [2.24, 2.45) is 16.7 Å². The molecule has 2 aromatic rings. The quantitative estimate of drug-likeness (QED) is 0.338. The summed E-state index contributed by atoms with van der Waals surface area (Å²) in [5.74, 6) is 0.556. The molecule has 0 radical (unpaired) electrons. The van der Waals surface area contributed by atoms with E-state index in [1.165, 1.54) is 23.2 Å². The Balaban J connectivity index is 2.00. The van der Waals surface area contributed by atoms with E-state index in [1.807, 2.05) is 0 Å². The highest BCUT2D eigenvalue weighted by molar-refractivity contribution is 6.99. The minimum absolute atomic E-state index is 0.0316. The van der Waals surface area contributed by atoms with Crippen molar-refractivity contribution in [3.05, 3.63) is 72.8 Å². The van der Waals surface area contributed by atoms with Gasteiger partial charge in [-0.05, 0) is 51.4 Å². The molecule has 2 aromatic carbocycles. The van der Waals surface area contributed by atoms with Gasteiger partial charge in [0.25, 0.3) is 8.32 Å². The lowest BCUT2D eigenvalue weighted by Gasteiger charge is -2.45. The maximum atomic E-state index is 7.30. The Morgan fingerprint density at radius 3 is 1.90 bits per heavy atom. The average Bonchev–Trinajstić information content (AvgIpc) is 2.97. The highest BCUT2D eigenvalue weighted by Crippen LogP contribution is 2.57. The molecule has 31 heavy (non-hydrogen) atoms. The third kappa shape index (κ3) is 4.34. The molecule has 0 unspecified atom stereocenters. The number of rotatable bonds is 7. The molecule has 0 amide bonds. The summed E-state index contributed by atoms with van der Waals surface area (Å²) < 4.78 is 7.30. The van der Waals surface area contributed by atoms with E-state index in [0.717, 1.165) is 13.0 Å². The minimum Gasteiger partial charge on any atom is -0.407 e. The lowest BCUT2D eigenvalue weighted by molar-refractivity contribution is 0.0912. The molecule has 0 bridgehead atoms. The van der Waals surface area contributed by atoms with Crippen molar-refractivity contribution < 1.29 is 4.43 Å². The lowest BCUT2D eigenvalue weighted by Crippen LogP contribution is -2.67. The monoisotopic (exact) mass is 434 g/mol. The summed E-state index contributed by atoms with van der Waals surface area (Å²) in [5.41, 5.74) is 0.451. The van der Waals surface area contributed by atoms with Gasteiger partial charge in [0.15, 0.2) is 0 Å². The zero-order valence-electron chi connectivity index (χ0n) is 20.7. The molecule has 2 heteroatoms. The molecule has 2 atom stereocenters. The zero-order chi connectivity index (χ0) is 22.8. The van der Waals surface area contributed by atoms with Crippen LogP contribution in [-0.2, 0) is 4.43 Å². The smallest absolute Gasteiger partial charge is 0.261 e. The van der Waals surface area contributed by atoms with Crippen LogP contribution in [0.15, 0.2) is 72.8 Å². The fourth-order valence-corrected chi connectivity index (χ4v) is 10.2. The van der Waals surface area contributed by atoms with Crippen molar-refractivity contribution >= 4 is 18.7 Å². The van der Waals surface area contributed by atoms with E-state index in [4.69, 9.17) is 4.43 Å². The van der Waals surface area contributed by atoms with Gasteiger partial charge >= 0.3 is 0 Å². The van der Waals surface area contributed by atoms with Gasteiger partial charge in [0, 0.05) is 6.61 Å². The molecule has 0 spiro atoms. The summed E-state index contributed by atoms with van der Waals surface area (Å²) in [4.78, 5) is 0. The van der Waals surface area contributed by atoms with Crippen molar-refractivity contribution in [3.63, 3.8) is 0 Å². The molecule has 1 nitrogen and oxygen atoms in total. The van der Waals surface area contributed by atoms with Crippen LogP contribution in [0.5, 0.6) is 0 Å². The first-order valence-electron chi connectivity index (χ1n) is 12.0. The largest absolute Gasteiger partial charge is 0.407 e. The first kappa shape index (κ1) is 24.0. The van der Waals surface area contributed by atoms with Gasteiger partial charge in [-0.2, -0.15) is 0 Å². The molecular formula is C29H42OSi. The van der Waals surface area contributed by atoms with E-state index in [1.54, 1.807) is 0 Å². The molecule has 1 fully saturated rings. The summed E-state index contributed by atoms with van der Waals surface area (Å²) in [6.45, 7) is 17.5. The third-order valence-electron chi connectivity index (χ3n) is 8.14. The van der Waals surface area contributed by atoms with Crippen LogP contribution in [0.2, 0.25) is 5.04 Å². The molecular weight excluding hydrogens is 392 g/mol. The van der Waals surface area contributed by atoms with E-state index in [2.05, 4.69) is 121 Å². The van der Waals surface area contributed by atoms with Crippen molar-refractivity contribution in [1.82, 2.24) is 0 Å². The molecule has 0 N–H and O–H groups in total. The van der Waals surface area contributed by atoms with Crippen LogP contribution >= 0.6 is 0 Å². The molecule has 1 saturated carbocycles. The minimum atomic E-state index is -2.47. The van der Waals surface area contributed by atoms with Crippen LogP contribution in [-0.4, -0.2) is 14.9 Å². The van der Waals surface area contributed by atoms with Crippen LogP contribution in [0.3, 0.4) is 0 Å². The van der Waals surface area contributed by atoms with Gasteiger partial charge in [-0.3, -0.25) is 0 Å². The summed E-state index contributed by atoms with van der Waals surface area (Å²) in [6, 6.07) is 22.1. The van der Waals surface area contributed by atoms with Crippen LogP contribution in [0.25, 0.3) is 0 Å². The molecule has 3 rings (SSSR count). The number of hydrogen-bond donors (Lipinski definition) is 0. The fourth-order valence-electron chi connectivity index (χ4n) is 5.58. The van der Waals surface area contributed by atoms with Crippen molar-refractivity contribution in [2.75, 3.05) is 6.61 Å². The van der Waals surface area contributed by atoms with Crippen molar-refractivity contribution in [3.8, 4) is 0 Å². The van der Waals surface area contributed by atoms with Crippen molar-refractivity contribution in [2.45, 2.75) is 72.8 Å². The van der Waals surface area contributed by atoms with E-state index in [9.17, 15) is 0 Å². The highest BCUT2D eigenvalue weighted by Gasteiger charge is 2.54. The Labute approximate surface area is 192 Å². The Hall–Kier alpha value is -1.64. The van der Waals surface area contributed by atoms with Gasteiger partial charge in [-0.25, -0.2) is 0 Å². The third-order valence-corrected chi connectivity index (χ3v) is 13.1. The van der Waals surface area contributed by atoms with Gasteiger partial charge < -0.3 is 4.43 Å². The van der Waals surface area contributed by atoms with Crippen LogP contribution in [0, 0.1) is 16.7 Å². The highest BCUT2D eigenvalue weighted by atomic mass is 28.4. The second kappa shape index (κ2) is 9.08. The lowest BCUT2D eigenvalue weighted by atomic mass is 9.66. The molecule has 0 saturated heterocycles. The topological polar surface area (TPSA) is 9.23 Å². The van der Waals surface area contributed by atoms with Crippen LogP contribution in [0.1, 0.15) is 67.7 Å². The number of allylic oxidation sites excluding steroid dienone is 2. The van der Waals surface area contributed by atoms with Crippen LogP contribution < -0.4 is 10.4 Å². The molecule has 0 aliphatic heterocycles. The molecule has 0 heterocycles. The maximum absolute atomic E-state index is 7.30. The fraction of sp³-hybridized carbons (Fsp3) is 0.517. The normalized spacial score (nSPS) is 24.0.